The van der Waals surface area contributed by atoms with E-state index in [-0.39, 0.29) is 0 Å². The van der Waals surface area contributed by atoms with Crippen LogP contribution in [-0.2, 0) is 4.74 Å². The second-order valence-electron chi connectivity index (χ2n) is 8.02. The van der Waals surface area contributed by atoms with Crippen molar-refractivity contribution in [1.29, 1.82) is 0 Å². The molecule has 2 bridgehead atoms. The standard InChI is InChI=1S/C18H32N2O/c1-2-20(16-11-14-5-6-15(12-16)19-14)13-17-7-10-18(21-17)8-3-4-9-18/h14-17,19H,2-13H2,1H3. The van der Waals surface area contributed by atoms with Crippen LogP contribution in [-0.4, -0.2) is 47.8 Å². The third kappa shape index (κ3) is 2.89. The molecular weight excluding hydrogens is 260 g/mol. The zero-order valence-electron chi connectivity index (χ0n) is 13.7. The number of likely N-dealkylation sites (N-methyl/N-ethyl adjacent to an activating group) is 1. The maximum absolute atomic E-state index is 6.55. The maximum Gasteiger partial charge on any atom is 0.0710 e. The van der Waals surface area contributed by atoms with Gasteiger partial charge in [-0.2, -0.15) is 0 Å². The lowest BCUT2D eigenvalue weighted by molar-refractivity contribution is -0.0528. The lowest BCUT2D eigenvalue weighted by atomic mass is 9.97. The van der Waals surface area contributed by atoms with Crippen LogP contribution < -0.4 is 5.32 Å². The molecule has 3 aliphatic heterocycles. The largest absolute Gasteiger partial charge is 0.370 e. The number of hydrogen-bond acceptors (Lipinski definition) is 3. The molecule has 1 saturated carbocycles. The summed E-state index contributed by atoms with van der Waals surface area (Å²) in [5, 5.41) is 3.77. The first-order chi connectivity index (χ1) is 10.3. The normalized spacial score (nSPS) is 41.4. The molecule has 3 heteroatoms. The summed E-state index contributed by atoms with van der Waals surface area (Å²) < 4.78 is 6.55. The van der Waals surface area contributed by atoms with Crippen LogP contribution in [0.5, 0.6) is 0 Å². The minimum Gasteiger partial charge on any atom is -0.370 e. The summed E-state index contributed by atoms with van der Waals surface area (Å²) in [6, 6.07) is 2.40. The van der Waals surface area contributed by atoms with Crippen LogP contribution in [0, 0.1) is 0 Å². The number of piperidine rings is 1. The van der Waals surface area contributed by atoms with Gasteiger partial charge in [0.2, 0.25) is 0 Å². The molecule has 1 N–H and O–H groups in total. The van der Waals surface area contributed by atoms with Crippen molar-refractivity contribution >= 4 is 0 Å². The molecule has 1 aliphatic carbocycles. The smallest absolute Gasteiger partial charge is 0.0710 e. The van der Waals surface area contributed by atoms with Gasteiger partial charge in [-0.05, 0) is 57.9 Å². The maximum atomic E-state index is 6.55. The summed E-state index contributed by atoms with van der Waals surface area (Å²) >= 11 is 0. The number of ether oxygens (including phenoxy) is 1. The topological polar surface area (TPSA) is 24.5 Å². The van der Waals surface area contributed by atoms with Gasteiger partial charge in [-0.15, -0.1) is 0 Å². The molecule has 3 nitrogen and oxygen atoms in total. The molecule has 3 heterocycles. The van der Waals surface area contributed by atoms with Crippen molar-refractivity contribution < 1.29 is 4.74 Å². The Balaban J connectivity index is 1.34. The van der Waals surface area contributed by atoms with E-state index in [0.717, 1.165) is 18.1 Å². The summed E-state index contributed by atoms with van der Waals surface area (Å²) in [5.41, 5.74) is 0.303. The molecule has 4 aliphatic rings. The average molecular weight is 292 g/mol. The third-order valence-corrected chi connectivity index (χ3v) is 6.66. The predicted molar refractivity (Wildman–Crippen MR) is 85.5 cm³/mol. The fourth-order valence-electron chi connectivity index (χ4n) is 5.53. The number of nitrogens with one attached hydrogen (secondary N) is 1. The Morgan fingerprint density at radius 2 is 1.76 bits per heavy atom. The summed E-state index contributed by atoms with van der Waals surface area (Å²) in [5.74, 6) is 0. The minimum absolute atomic E-state index is 0.303. The van der Waals surface area contributed by atoms with E-state index < -0.39 is 0 Å². The highest BCUT2D eigenvalue weighted by Gasteiger charge is 2.43. The molecule has 0 aromatic rings. The van der Waals surface area contributed by atoms with Gasteiger partial charge >= 0.3 is 0 Å². The fraction of sp³-hybridized carbons (Fsp3) is 1.00. The second kappa shape index (κ2) is 5.82. The highest BCUT2D eigenvalue weighted by molar-refractivity contribution is 4.97. The Bertz CT molecular complexity index is 354. The van der Waals surface area contributed by atoms with Crippen molar-refractivity contribution in [3.05, 3.63) is 0 Å². The molecule has 3 atom stereocenters. The van der Waals surface area contributed by atoms with Crippen LogP contribution in [0.25, 0.3) is 0 Å². The fourth-order valence-corrected chi connectivity index (χ4v) is 5.53. The Morgan fingerprint density at radius 1 is 1.05 bits per heavy atom. The van der Waals surface area contributed by atoms with Crippen molar-refractivity contribution in [1.82, 2.24) is 10.2 Å². The van der Waals surface area contributed by atoms with E-state index in [4.69, 9.17) is 4.74 Å². The van der Waals surface area contributed by atoms with E-state index in [9.17, 15) is 0 Å². The van der Waals surface area contributed by atoms with Crippen LogP contribution in [0.3, 0.4) is 0 Å². The van der Waals surface area contributed by atoms with E-state index in [2.05, 4.69) is 17.1 Å². The molecule has 0 aromatic carbocycles. The first-order valence-corrected chi connectivity index (χ1v) is 9.44. The number of fused-ring (bicyclic) bond motifs is 2. The SMILES string of the molecule is CCN(CC1CCC2(CCCC2)O1)C1CC2CCC(C1)N2. The predicted octanol–water partition coefficient (Wildman–Crippen LogP) is 3.08. The second-order valence-corrected chi connectivity index (χ2v) is 8.02. The summed E-state index contributed by atoms with van der Waals surface area (Å²) in [6.45, 7) is 4.71. The zero-order chi connectivity index (χ0) is 14.3. The van der Waals surface area contributed by atoms with Crippen LogP contribution in [0.15, 0.2) is 0 Å². The number of hydrogen-bond donors (Lipinski definition) is 1. The molecule has 3 unspecified atom stereocenters. The molecule has 4 fully saturated rings. The molecule has 0 amide bonds. The van der Waals surface area contributed by atoms with Crippen molar-refractivity contribution in [2.45, 2.75) is 101 Å². The quantitative estimate of drug-likeness (QED) is 0.862. The number of nitrogens with zero attached hydrogens (tertiary/aromatic N) is 1. The van der Waals surface area contributed by atoms with E-state index >= 15 is 0 Å². The van der Waals surface area contributed by atoms with E-state index in [1.54, 1.807) is 0 Å². The molecule has 120 valence electrons. The van der Waals surface area contributed by atoms with Gasteiger partial charge < -0.3 is 10.1 Å². The Kier molecular flexibility index (Phi) is 4.01. The Hall–Kier alpha value is -0.120. The van der Waals surface area contributed by atoms with Gasteiger partial charge in [0.15, 0.2) is 0 Å². The highest BCUT2D eigenvalue weighted by Crippen LogP contribution is 2.43. The first kappa shape index (κ1) is 14.5. The van der Waals surface area contributed by atoms with Gasteiger partial charge in [0.05, 0.1) is 11.7 Å². The molecule has 0 aromatic heterocycles. The van der Waals surface area contributed by atoms with E-state index in [0.29, 0.717) is 11.7 Å². The monoisotopic (exact) mass is 292 g/mol. The molecule has 4 rings (SSSR count). The minimum atomic E-state index is 0.303. The Labute approximate surface area is 129 Å². The van der Waals surface area contributed by atoms with Gasteiger partial charge in [0.1, 0.15) is 0 Å². The third-order valence-electron chi connectivity index (χ3n) is 6.66. The van der Waals surface area contributed by atoms with E-state index in [1.807, 2.05) is 0 Å². The van der Waals surface area contributed by atoms with Crippen molar-refractivity contribution in [3.8, 4) is 0 Å². The van der Waals surface area contributed by atoms with Crippen molar-refractivity contribution in [3.63, 3.8) is 0 Å². The van der Waals surface area contributed by atoms with Crippen molar-refractivity contribution in [2.75, 3.05) is 13.1 Å². The van der Waals surface area contributed by atoms with Crippen LogP contribution in [0.4, 0.5) is 0 Å². The average Bonchev–Trinajstić information content (AvgIpc) is 3.20. The lowest BCUT2D eigenvalue weighted by Gasteiger charge is -2.38. The summed E-state index contributed by atoms with van der Waals surface area (Å²) in [6.07, 6.45) is 14.1. The zero-order valence-corrected chi connectivity index (χ0v) is 13.7. The highest BCUT2D eigenvalue weighted by atomic mass is 16.5. The first-order valence-electron chi connectivity index (χ1n) is 9.44. The molecule has 0 radical (unpaired) electrons. The lowest BCUT2D eigenvalue weighted by Crippen LogP contribution is -2.50. The molecular formula is C18H32N2O. The van der Waals surface area contributed by atoms with Crippen molar-refractivity contribution in [2.24, 2.45) is 0 Å². The van der Waals surface area contributed by atoms with Gasteiger partial charge in [0, 0.05) is 24.7 Å². The molecule has 1 spiro atoms. The van der Waals surface area contributed by atoms with Crippen LogP contribution in [0.1, 0.15) is 71.1 Å². The van der Waals surface area contributed by atoms with Gasteiger partial charge in [-0.3, -0.25) is 4.90 Å². The molecule has 3 saturated heterocycles. The van der Waals surface area contributed by atoms with Gasteiger partial charge in [-0.25, -0.2) is 0 Å². The van der Waals surface area contributed by atoms with Gasteiger partial charge in [0.25, 0.3) is 0 Å². The van der Waals surface area contributed by atoms with Crippen LogP contribution in [0.2, 0.25) is 0 Å². The number of rotatable bonds is 4. The van der Waals surface area contributed by atoms with Gasteiger partial charge in [-0.1, -0.05) is 19.8 Å². The molecule has 21 heavy (non-hydrogen) atoms. The van der Waals surface area contributed by atoms with E-state index in [1.165, 1.54) is 77.3 Å². The summed E-state index contributed by atoms with van der Waals surface area (Å²) in [7, 11) is 0. The Morgan fingerprint density at radius 3 is 2.43 bits per heavy atom. The van der Waals surface area contributed by atoms with Crippen LogP contribution >= 0.6 is 0 Å². The summed E-state index contributed by atoms with van der Waals surface area (Å²) in [4.78, 5) is 2.74.